The highest BCUT2D eigenvalue weighted by atomic mass is 16.6. The Morgan fingerprint density at radius 3 is 2.76 bits per heavy atom. The summed E-state index contributed by atoms with van der Waals surface area (Å²) >= 11 is 0. The Morgan fingerprint density at radius 1 is 1.59 bits per heavy atom. The molecule has 0 N–H and O–H groups in total. The fourth-order valence-corrected chi connectivity index (χ4v) is 2.95. The maximum absolute atomic E-state index is 12.1. The van der Waals surface area contributed by atoms with Gasteiger partial charge in [-0.25, -0.2) is 4.79 Å². The summed E-state index contributed by atoms with van der Waals surface area (Å²) in [6.07, 6.45) is 1.19. The number of hydrogen-bond donors (Lipinski definition) is 0. The molecule has 17 heavy (non-hydrogen) atoms. The summed E-state index contributed by atoms with van der Waals surface area (Å²) in [5.74, 6) is 1.09. The molecule has 0 aromatic carbocycles. The van der Waals surface area contributed by atoms with Gasteiger partial charge in [0.1, 0.15) is 5.54 Å². The van der Waals surface area contributed by atoms with E-state index in [0.717, 1.165) is 6.42 Å². The third kappa shape index (κ3) is 1.74. The molecule has 2 aliphatic rings. The highest BCUT2D eigenvalue weighted by molar-refractivity contribution is 5.98. The number of amides is 1. The van der Waals surface area contributed by atoms with Gasteiger partial charge < -0.3 is 4.74 Å². The SMILES string of the molecule is CCOC(=O)N1[C@H]2C[C@H](C(C)C)CC(=O)[C@]21C. The minimum atomic E-state index is -0.572. The predicted octanol–water partition coefficient (Wildman–Crippen LogP) is 2.22. The number of likely N-dealkylation sites (tertiary alicyclic amines) is 1. The Morgan fingerprint density at radius 2 is 2.24 bits per heavy atom. The molecule has 1 amide bonds. The molecule has 3 atom stereocenters. The van der Waals surface area contributed by atoms with E-state index in [2.05, 4.69) is 13.8 Å². The molecule has 0 aromatic rings. The van der Waals surface area contributed by atoms with Crippen molar-refractivity contribution < 1.29 is 14.3 Å². The monoisotopic (exact) mass is 239 g/mol. The Bertz CT molecular complexity index is 353. The summed E-state index contributed by atoms with van der Waals surface area (Å²) in [4.78, 5) is 25.5. The number of ketones is 1. The minimum Gasteiger partial charge on any atom is -0.450 e. The third-order valence-electron chi connectivity index (χ3n) is 4.34. The molecule has 0 radical (unpaired) electrons. The molecule has 2 rings (SSSR count). The van der Waals surface area contributed by atoms with Crippen LogP contribution in [0.15, 0.2) is 0 Å². The van der Waals surface area contributed by atoms with Gasteiger partial charge in [0, 0.05) is 6.42 Å². The molecular weight excluding hydrogens is 218 g/mol. The van der Waals surface area contributed by atoms with E-state index in [-0.39, 0.29) is 17.9 Å². The van der Waals surface area contributed by atoms with E-state index in [1.807, 2.05) is 6.92 Å². The van der Waals surface area contributed by atoms with Gasteiger partial charge in [0.25, 0.3) is 0 Å². The average molecular weight is 239 g/mol. The zero-order valence-corrected chi connectivity index (χ0v) is 11.0. The van der Waals surface area contributed by atoms with Crippen LogP contribution in [0.5, 0.6) is 0 Å². The van der Waals surface area contributed by atoms with Crippen molar-refractivity contribution in [1.29, 1.82) is 0 Å². The number of carbonyl (C=O) groups excluding carboxylic acids is 2. The fraction of sp³-hybridized carbons (Fsp3) is 0.846. The molecule has 0 bridgehead atoms. The molecule has 1 saturated carbocycles. The quantitative estimate of drug-likeness (QED) is 0.694. The number of nitrogens with zero attached hydrogens (tertiary/aromatic N) is 1. The maximum atomic E-state index is 12.1. The van der Waals surface area contributed by atoms with Gasteiger partial charge in [-0.3, -0.25) is 9.69 Å². The van der Waals surface area contributed by atoms with Crippen molar-refractivity contribution in [2.24, 2.45) is 11.8 Å². The third-order valence-corrected chi connectivity index (χ3v) is 4.34. The van der Waals surface area contributed by atoms with Crippen LogP contribution in [0.2, 0.25) is 0 Å². The van der Waals surface area contributed by atoms with Crippen LogP contribution in [0.25, 0.3) is 0 Å². The Labute approximate surface area is 102 Å². The molecular formula is C13H21NO3. The maximum Gasteiger partial charge on any atom is 0.410 e. The van der Waals surface area contributed by atoms with Crippen LogP contribution < -0.4 is 0 Å². The van der Waals surface area contributed by atoms with Crippen LogP contribution in [0.1, 0.15) is 40.5 Å². The summed E-state index contributed by atoms with van der Waals surface area (Å²) < 4.78 is 5.00. The van der Waals surface area contributed by atoms with Crippen LogP contribution >= 0.6 is 0 Å². The lowest BCUT2D eigenvalue weighted by Gasteiger charge is -2.24. The largest absolute Gasteiger partial charge is 0.450 e. The molecule has 96 valence electrons. The van der Waals surface area contributed by atoms with Gasteiger partial charge in [-0.15, -0.1) is 0 Å². The van der Waals surface area contributed by atoms with Crippen molar-refractivity contribution in [1.82, 2.24) is 4.90 Å². The van der Waals surface area contributed by atoms with Crippen molar-refractivity contribution in [3.05, 3.63) is 0 Å². The highest BCUT2D eigenvalue weighted by Crippen LogP contribution is 2.51. The van der Waals surface area contributed by atoms with Gasteiger partial charge in [0.15, 0.2) is 5.78 Å². The smallest absolute Gasteiger partial charge is 0.410 e. The van der Waals surface area contributed by atoms with Crippen LogP contribution in [0.3, 0.4) is 0 Å². The van der Waals surface area contributed by atoms with Crippen molar-refractivity contribution in [3.63, 3.8) is 0 Å². The van der Waals surface area contributed by atoms with E-state index < -0.39 is 5.54 Å². The van der Waals surface area contributed by atoms with Crippen molar-refractivity contribution in [2.45, 2.75) is 52.1 Å². The van der Waals surface area contributed by atoms with Crippen molar-refractivity contribution in [3.8, 4) is 0 Å². The van der Waals surface area contributed by atoms with Crippen LogP contribution in [-0.2, 0) is 9.53 Å². The molecule has 2 fully saturated rings. The van der Waals surface area contributed by atoms with Gasteiger partial charge in [0.05, 0.1) is 12.6 Å². The first kappa shape index (κ1) is 12.4. The zero-order chi connectivity index (χ0) is 12.8. The number of fused-ring (bicyclic) bond motifs is 1. The predicted molar refractivity (Wildman–Crippen MR) is 63.6 cm³/mol. The van der Waals surface area contributed by atoms with E-state index >= 15 is 0 Å². The Kier molecular flexibility index (Phi) is 2.92. The molecule has 1 heterocycles. The second-order valence-corrected chi connectivity index (χ2v) is 5.60. The molecule has 1 aliphatic carbocycles. The van der Waals surface area contributed by atoms with Crippen LogP contribution in [0, 0.1) is 11.8 Å². The summed E-state index contributed by atoms with van der Waals surface area (Å²) in [5, 5.41) is 0. The molecule has 1 aliphatic heterocycles. The van der Waals surface area contributed by atoms with E-state index in [4.69, 9.17) is 4.74 Å². The van der Waals surface area contributed by atoms with Gasteiger partial charge >= 0.3 is 6.09 Å². The number of rotatable bonds is 2. The topological polar surface area (TPSA) is 46.4 Å². The second kappa shape index (κ2) is 4.00. The molecule has 0 unspecified atom stereocenters. The molecule has 0 spiro atoms. The number of hydrogen-bond acceptors (Lipinski definition) is 3. The van der Waals surface area contributed by atoms with E-state index in [1.165, 1.54) is 0 Å². The summed E-state index contributed by atoms with van der Waals surface area (Å²) in [7, 11) is 0. The zero-order valence-electron chi connectivity index (χ0n) is 11.0. The Balaban J connectivity index is 2.11. The lowest BCUT2D eigenvalue weighted by Crippen LogP contribution is -2.35. The lowest BCUT2D eigenvalue weighted by molar-refractivity contribution is -0.124. The van der Waals surface area contributed by atoms with Crippen LogP contribution in [-0.4, -0.2) is 35.0 Å². The van der Waals surface area contributed by atoms with Gasteiger partial charge in [0.2, 0.25) is 0 Å². The van der Waals surface area contributed by atoms with E-state index in [1.54, 1.807) is 11.8 Å². The molecule has 4 heteroatoms. The standard InChI is InChI=1S/C13H21NO3/c1-5-17-12(16)14-10-6-9(8(2)3)7-11(15)13(10,14)4/h8-10H,5-7H2,1-4H3/t9-,10-,13-,14?/m0/s1. The molecule has 0 aromatic heterocycles. The first-order valence-corrected chi connectivity index (χ1v) is 6.42. The number of ether oxygens (including phenoxy) is 1. The fourth-order valence-electron chi connectivity index (χ4n) is 2.95. The normalized spacial score (nSPS) is 35.8. The van der Waals surface area contributed by atoms with Crippen LogP contribution in [0.4, 0.5) is 4.79 Å². The first-order valence-electron chi connectivity index (χ1n) is 6.42. The van der Waals surface area contributed by atoms with Crippen molar-refractivity contribution >= 4 is 11.9 Å². The Hall–Kier alpha value is -1.06. The number of carbonyl (C=O) groups is 2. The van der Waals surface area contributed by atoms with E-state index in [9.17, 15) is 9.59 Å². The summed E-state index contributed by atoms with van der Waals surface area (Å²) in [6, 6.07) is 0.0650. The van der Waals surface area contributed by atoms with Gasteiger partial charge in [-0.1, -0.05) is 13.8 Å². The highest BCUT2D eigenvalue weighted by Gasteiger charge is 2.69. The molecule has 1 saturated heterocycles. The molecule has 4 nitrogen and oxygen atoms in total. The minimum absolute atomic E-state index is 0.0650. The summed E-state index contributed by atoms with van der Waals surface area (Å²) in [5.41, 5.74) is -0.572. The van der Waals surface area contributed by atoms with Crippen molar-refractivity contribution in [2.75, 3.05) is 6.61 Å². The van der Waals surface area contributed by atoms with Gasteiger partial charge in [-0.2, -0.15) is 0 Å². The first-order chi connectivity index (χ1) is 7.92. The summed E-state index contributed by atoms with van der Waals surface area (Å²) in [6.45, 7) is 8.29. The average Bonchev–Trinajstić information content (AvgIpc) is 2.85. The van der Waals surface area contributed by atoms with Gasteiger partial charge in [-0.05, 0) is 32.1 Å². The van der Waals surface area contributed by atoms with E-state index in [0.29, 0.717) is 24.9 Å². The second-order valence-electron chi connectivity index (χ2n) is 5.60. The lowest BCUT2D eigenvalue weighted by atomic mass is 9.77. The number of Topliss-reactive ketones (excluding diaryl/α,β-unsaturated/α-hetero) is 1.